The topological polar surface area (TPSA) is 36.9 Å². The summed E-state index contributed by atoms with van der Waals surface area (Å²) in [6.07, 6.45) is 4.68. The first-order valence-corrected chi connectivity index (χ1v) is 8.84. The number of guanidine groups is 1. The molecule has 24 heavy (non-hydrogen) atoms. The minimum absolute atomic E-state index is 0. The first-order chi connectivity index (χ1) is 11.2. The van der Waals surface area contributed by atoms with Crippen molar-refractivity contribution in [3.63, 3.8) is 0 Å². The molecule has 0 radical (unpaired) electrons. The monoisotopic (exact) mass is 445 g/mol. The summed E-state index contributed by atoms with van der Waals surface area (Å²) in [5, 5.41) is 3.48. The lowest BCUT2D eigenvalue weighted by atomic mass is 10.00. The molecule has 0 saturated carbocycles. The third kappa shape index (κ3) is 7.28. The minimum atomic E-state index is 0. The zero-order valence-corrected chi connectivity index (χ0v) is 17.6. The Morgan fingerprint density at radius 1 is 1.21 bits per heavy atom. The summed E-state index contributed by atoms with van der Waals surface area (Å²) in [6, 6.07) is 8.24. The number of hydrogen-bond donors (Lipinski definition) is 1. The van der Waals surface area contributed by atoms with E-state index in [9.17, 15) is 0 Å². The Kier molecular flexibility index (Phi) is 10.1. The summed E-state index contributed by atoms with van der Waals surface area (Å²) in [5.41, 5.74) is 1.26. The zero-order valence-electron chi connectivity index (χ0n) is 15.3. The van der Waals surface area contributed by atoms with Crippen molar-refractivity contribution in [2.45, 2.75) is 39.5 Å². The third-order valence-electron chi connectivity index (χ3n) is 4.44. The SMILES string of the molecule is CN=C(NCCCCOc1ccc(C)cc1)N1CCC(C)CC1.I. The van der Waals surface area contributed by atoms with E-state index in [4.69, 9.17) is 4.74 Å². The molecule has 1 aliphatic heterocycles. The van der Waals surface area contributed by atoms with E-state index in [1.807, 2.05) is 19.2 Å². The molecule has 1 heterocycles. The van der Waals surface area contributed by atoms with Crippen molar-refractivity contribution < 1.29 is 4.74 Å². The molecule has 1 aromatic carbocycles. The summed E-state index contributed by atoms with van der Waals surface area (Å²) in [4.78, 5) is 6.79. The van der Waals surface area contributed by atoms with Gasteiger partial charge < -0.3 is 15.0 Å². The van der Waals surface area contributed by atoms with Crippen LogP contribution in [0.2, 0.25) is 0 Å². The van der Waals surface area contributed by atoms with E-state index in [2.05, 4.69) is 41.2 Å². The van der Waals surface area contributed by atoms with Gasteiger partial charge in [-0.3, -0.25) is 4.99 Å². The third-order valence-corrected chi connectivity index (χ3v) is 4.44. The summed E-state index contributed by atoms with van der Waals surface area (Å²) in [7, 11) is 1.88. The van der Waals surface area contributed by atoms with E-state index < -0.39 is 0 Å². The number of aryl methyl sites for hydroxylation is 1. The average Bonchev–Trinajstić information content (AvgIpc) is 2.57. The van der Waals surface area contributed by atoms with Gasteiger partial charge in [0.2, 0.25) is 0 Å². The lowest BCUT2D eigenvalue weighted by Crippen LogP contribution is -2.45. The fourth-order valence-electron chi connectivity index (χ4n) is 2.80. The molecule has 136 valence electrons. The summed E-state index contributed by atoms with van der Waals surface area (Å²) < 4.78 is 5.75. The number of benzene rings is 1. The van der Waals surface area contributed by atoms with E-state index in [-0.39, 0.29) is 24.0 Å². The molecule has 1 aliphatic rings. The minimum Gasteiger partial charge on any atom is -0.494 e. The first-order valence-electron chi connectivity index (χ1n) is 8.84. The van der Waals surface area contributed by atoms with Gasteiger partial charge in [-0.05, 0) is 50.7 Å². The van der Waals surface area contributed by atoms with E-state index in [1.54, 1.807) is 0 Å². The molecular weight excluding hydrogens is 413 g/mol. The van der Waals surface area contributed by atoms with Crippen LogP contribution in [0.15, 0.2) is 29.3 Å². The van der Waals surface area contributed by atoms with Crippen LogP contribution < -0.4 is 10.1 Å². The number of aliphatic imine (C=N–C) groups is 1. The van der Waals surface area contributed by atoms with Crippen LogP contribution in [0.25, 0.3) is 0 Å². The molecule has 1 saturated heterocycles. The zero-order chi connectivity index (χ0) is 16.5. The molecule has 5 heteroatoms. The van der Waals surface area contributed by atoms with Crippen molar-refractivity contribution in [2.24, 2.45) is 10.9 Å². The van der Waals surface area contributed by atoms with Crippen molar-refractivity contribution in [3.8, 4) is 5.75 Å². The maximum Gasteiger partial charge on any atom is 0.193 e. The molecule has 0 spiro atoms. The quantitative estimate of drug-likeness (QED) is 0.310. The van der Waals surface area contributed by atoms with Crippen LogP contribution in [0.3, 0.4) is 0 Å². The van der Waals surface area contributed by atoms with Crippen LogP contribution in [0, 0.1) is 12.8 Å². The highest BCUT2D eigenvalue weighted by atomic mass is 127. The second-order valence-electron chi connectivity index (χ2n) is 6.51. The highest BCUT2D eigenvalue weighted by molar-refractivity contribution is 14.0. The van der Waals surface area contributed by atoms with Crippen molar-refractivity contribution >= 4 is 29.9 Å². The van der Waals surface area contributed by atoms with Gasteiger partial charge in [0.05, 0.1) is 6.61 Å². The number of hydrogen-bond acceptors (Lipinski definition) is 2. The smallest absolute Gasteiger partial charge is 0.193 e. The van der Waals surface area contributed by atoms with Gasteiger partial charge in [0, 0.05) is 26.7 Å². The number of piperidine rings is 1. The molecule has 1 N–H and O–H groups in total. The number of ether oxygens (including phenoxy) is 1. The van der Waals surface area contributed by atoms with Crippen molar-refractivity contribution in [3.05, 3.63) is 29.8 Å². The van der Waals surface area contributed by atoms with Crippen LogP contribution in [0.1, 0.15) is 38.2 Å². The van der Waals surface area contributed by atoms with Crippen LogP contribution in [0.4, 0.5) is 0 Å². The second-order valence-corrected chi connectivity index (χ2v) is 6.51. The van der Waals surface area contributed by atoms with Crippen LogP contribution >= 0.6 is 24.0 Å². The molecular formula is C19H32IN3O. The molecule has 1 fully saturated rings. The predicted octanol–water partition coefficient (Wildman–Crippen LogP) is 4.08. The van der Waals surface area contributed by atoms with Gasteiger partial charge in [0.15, 0.2) is 5.96 Å². The maximum atomic E-state index is 5.75. The van der Waals surface area contributed by atoms with E-state index >= 15 is 0 Å². The Hall–Kier alpha value is -0.980. The summed E-state index contributed by atoms with van der Waals surface area (Å²) >= 11 is 0. The molecule has 0 atom stereocenters. The lowest BCUT2D eigenvalue weighted by molar-refractivity contribution is 0.272. The van der Waals surface area contributed by atoms with Gasteiger partial charge in [0.1, 0.15) is 5.75 Å². The van der Waals surface area contributed by atoms with E-state index in [0.29, 0.717) is 0 Å². The average molecular weight is 445 g/mol. The highest BCUT2D eigenvalue weighted by Crippen LogP contribution is 2.16. The van der Waals surface area contributed by atoms with Crippen LogP contribution in [-0.2, 0) is 0 Å². The number of halogens is 1. The van der Waals surface area contributed by atoms with Gasteiger partial charge in [0.25, 0.3) is 0 Å². The standard InChI is InChI=1S/C19H31N3O.HI/c1-16-6-8-18(9-7-16)23-15-5-4-12-21-19(20-3)22-13-10-17(2)11-14-22;/h6-9,17H,4-5,10-15H2,1-3H3,(H,20,21);1H. The fraction of sp³-hybridized carbons (Fsp3) is 0.632. The van der Waals surface area contributed by atoms with Gasteiger partial charge in [-0.1, -0.05) is 24.6 Å². The van der Waals surface area contributed by atoms with Crippen molar-refractivity contribution in [1.29, 1.82) is 0 Å². The van der Waals surface area contributed by atoms with Crippen molar-refractivity contribution in [1.82, 2.24) is 10.2 Å². The molecule has 0 bridgehead atoms. The molecule has 0 aromatic heterocycles. The number of likely N-dealkylation sites (tertiary alicyclic amines) is 1. The van der Waals surface area contributed by atoms with Gasteiger partial charge in [-0.15, -0.1) is 24.0 Å². The molecule has 1 aromatic rings. The molecule has 0 aliphatic carbocycles. The van der Waals surface area contributed by atoms with Gasteiger partial charge in [-0.2, -0.15) is 0 Å². The number of unbranched alkanes of at least 4 members (excludes halogenated alkanes) is 1. The molecule has 0 unspecified atom stereocenters. The molecule has 2 rings (SSSR count). The van der Waals surface area contributed by atoms with Gasteiger partial charge in [-0.25, -0.2) is 0 Å². The van der Waals surface area contributed by atoms with E-state index in [1.165, 1.54) is 18.4 Å². The Morgan fingerprint density at radius 3 is 2.50 bits per heavy atom. The number of nitrogens with one attached hydrogen (secondary N) is 1. The highest BCUT2D eigenvalue weighted by Gasteiger charge is 2.18. The Bertz CT molecular complexity index is 482. The van der Waals surface area contributed by atoms with Gasteiger partial charge >= 0.3 is 0 Å². The Morgan fingerprint density at radius 2 is 1.88 bits per heavy atom. The first kappa shape index (κ1) is 21.1. The van der Waals surface area contributed by atoms with Crippen molar-refractivity contribution in [2.75, 3.05) is 33.3 Å². The lowest BCUT2D eigenvalue weighted by Gasteiger charge is -2.32. The van der Waals surface area contributed by atoms with Crippen LogP contribution in [-0.4, -0.2) is 44.1 Å². The molecule has 0 amide bonds. The largest absolute Gasteiger partial charge is 0.494 e. The normalized spacial score (nSPS) is 15.8. The maximum absolute atomic E-state index is 5.75. The number of rotatable bonds is 6. The Balaban J connectivity index is 0.00000288. The number of nitrogens with zero attached hydrogens (tertiary/aromatic N) is 2. The Labute approximate surface area is 164 Å². The van der Waals surface area contributed by atoms with E-state index in [0.717, 1.165) is 56.7 Å². The summed E-state index contributed by atoms with van der Waals surface area (Å²) in [5.74, 6) is 2.86. The summed E-state index contributed by atoms with van der Waals surface area (Å²) in [6.45, 7) is 8.39. The predicted molar refractivity (Wildman–Crippen MR) is 113 cm³/mol. The molecule has 4 nitrogen and oxygen atoms in total. The van der Waals surface area contributed by atoms with Crippen LogP contribution in [0.5, 0.6) is 5.75 Å². The fourth-order valence-corrected chi connectivity index (χ4v) is 2.80. The second kappa shape index (κ2) is 11.6.